The fourth-order valence-corrected chi connectivity index (χ4v) is 1.55. The van der Waals surface area contributed by atoms with Crippen LogP contribution in [0.1, 0.15) is 33.1 Å². The molecule has 0 bridgehead atoms. The lowest BCUT2D eigenvalue weighted by Gasteiger charge is -2.14. The van der Waals surface area contributed by atoms with Gasteiger partial charge >= 0.3 is 0 Å². The molecule has 1 aliphatic carbocycles. The molecule has 1 unspecified atom stereocenters. The smallest absolute Gasteiger partial charge is 0.0655 e. The van der Waals surface area contributed by atoms with E-state index >= 15 is 0 Å². The summed E-state index contributed by atoms with van der Waals surface area (Å²) in [5.74, 6) is 0.347. The highest BCUT2D eigenvalue weighted by atomic mass is 14.4. The van der Waals surface area contributed by atoms with E-state index in [9.17, 15) is 0 Å². The van der Waals surface area contributed by atoms with Crippen molar-refractivity contribution < 1.29 is 0 Å². The molecule has 0 saturated heterocycles. The van der Waals surface area contributed by atoms with Crippen LogP contribution in [0.5, 0.6) is 0 Å². The van der Waals surface area contributed by atoms with Crippen molar-refractivity contribution in [3.8, 4) is 6.07 Å². The molecule has 1 saturated carbocycles. The Labute approximate surface area is 56.7 Å². The Bertz CT molecular complexity index is 141. The standard InChI is InChI=1S/C8H13N/c1-8(2)4-3-7(5-8)6-9/h7H,3-5H2,1-2H3. The zero-order chi connectivity index (χ0) is 6.91. The van der Waals surface area contributed by atoms with Crippen LogP contribution in [0.2, 0.25) is 0 Å². The monoisotopic (exact) mass is 123 g/mol. The van der Waals surface area contributed by atoms with Crippen LogP contribution < -0.4 is 0 Å². The van der Waals surface area contributed by atoms with Gasteiger partial charge in [-0.05, 0) is 24.7 Å². The number of nitrogens with zero attached hydrogens (tertiary/aromatic N) is 1. The molecule has 1 heteroatoms. The number of hydrogen-bond donors (Lipinski definition) is 0. The summed E-state index contributed by atoms with van der Waals surface area (Å²) in [4.78, 5) is 0. The second kappa shape index (κ2) is 2.02. The Morgan fingerprint density at radius 1 is 1.56 bits per heavy atom. The largest absolute Gasteiger partial charge is 0.198 e. The minimum absolute atomic E-state index is 0.347. The second-order valence-corrected chi connectivity index (χ2v) is 3.73. The van der Waals surface area contributed by atoms with Crippen LogP contribution in [0.3, 0.4) is 0 Å². The normalized spacial score (nSPS) is 31.9. The molecule has 0 heterocycles. The average Bonchev–Trinajstić information content (AvgIpc) is 2.10. The van der Waals surface area contributed by atoms with Crippen LogP contribution in [-0.4, -0.2) is 0 Å². The van der Waals surface area contributed by atoms with Gasteiger partial charge in [-0.15, -0.1) is 0 Å². The van der Waals surface area contributed by atoms with Gasteiger partial charge in [-0.3, -0.25) is 0 Å². The van der Waals surface area contributed by atoms with Gasteiger partial charge in [0.2, 0.25) is 0 Å². The van der Waals surface area contributed by atoms with Crippen LogP contribution in [0.15, 0.2) is 0 Å². The third kappa shape index (κ3) is 1.45. The van der Waals surface area contributed by atoms with Crippen LogP contribution in [0.25, 0.3) is 0 Å². The van der Waals surface area contributed by atoms with Gasteiger partial charge < -0.3 is 0 Å². The van der Waals surface area contributed by atoms with Gasteiger partial charge in [-0.1, -0.05) is 13.8 Å². The molecule has 1 atom stereocenters. The molecule has 0 aromatic heterocycles. The van der Waals surface area contributed by atoms with E-state index in [0.717, 1.165) is 12.8 Å². The molecule has 0 aromatic rings. The van der Waals surface area contributed by atoms with Crippen LogP contribution >= 0.6 is 0 Å². The molecule has 50 valence electrons. The molecular formula is C8H13N. The Hall–Kier alpha value is -0.510. The predicted molar refractivity (Wildman–Crippen MR) is 36.7 cm³/mol. The molecule has 0 radical (unpaired) electrons. The number of nitriles is 1. The van der Waals surface area contributed by atoms with Gasteiger partial charge in [0.1, 0.15) is 0 Å². The topological polar surface area (TPSA) is 23.8 Å². The van der Waals surface area contributed by atoms with Crippen LogP contribution in [-0.2, 0) is 0 Å². The summed E-state index contributed by atoms with van der Waals surface area (Å²) in [5, 5.41) is 8.55. The van der Waals surface area contributed by atoms with Crippen molar-refractivity contribution in [1.29, 1.82) is 5.26 Å². The molecule has 1 fully saturated rings. The van der Waals surface area contributed by atoms with Crippen molar-refractivity contribution in [3.05, 3.63) is 0 Å². The average molecular weight is 123 g/mol. The molecule has 0 amide bonds. The van der Waals surface area contributed by atoms with Crippen molar-refractivity contribution in [2.75, 3.05) is 0 Å². The quantitative estimate of drug-likeness (QED) is 0.485. The fourth-order valence-electron chi connectivity index (χ4n) is 1.55. The highest BCUT2D eigenvalue weighted by molar-refractivity contribution is 4.93. The molecule has 1 nitrogen and oxygen atoms in total. The fraction of sp³-hybridized carbons (Fsp3) is 0.875. The van der Waals surface area contributed by atoms with E-state index < -0.39 is 0 Å². The number of hydrogen-bond acceptors (Lipinski definition) is 1. The van der Waals surface area contributed by atoms with Crippen LogP contribution in [0, 0.1) is 22.7 Å². The van der Waals surface area contributed by atoms with E-state index in [-0.39, 0.29) is 0 Å². The molecule has 1 aliphatic rings. The highest BCUT2D eigenvalue weighted by Crippen LogP contribution is 2.40. The van der Waals surface area contributed by atoms with E-state index in [1.807, 2.05) is 0 Å². The summed E-state index contributed by atoms with van der Waals surface area (Å²) >= 11 is 0. The molecule has 9 heavy (non-hydrogen) atoms. The third-order valence-corrected chi connectivity index (χ3v) is 2.15. The summed E-state index contributed by atoms with van der Waals surface area (Å²) in [6, 6.07) is 2.32. The lowest BCUT2D eigenvalue weighted by Crippen LogP contribution is -2.03. The maximum atomic E-state index is 8.55. The molecular weight excluding hydrogens is 110 g/mol. The van der Waals surface area contributed by atoms with Crippen molar-refractivity contribution >= 4 is 0 Å². The van der Waals surface area contributed by atoms with Gasteiger partial charge in [-0.2, -0.15) is 5.26 Å². The minimum Gasteiger partial charge on any atom is -0.198 e. The van der Waals surface area contributed by atoms with Crippen molar-refractivity contribution in [2.24, 2.45) is 11.3 Å². The highest BCUT2D eigenvalue weighted by Gasteiger charge is 2.30. The van der Waals surface area contributed by atoms with Crippen LogP contribution in [0.4, 0.5) is 0 Å². The summed E-state index contributed by atoms with van der Waals surface area (Å²) in [6.07, 6.45) is 3.44. The first-order valence-electron chi connectivity index (χ1n) is 3.54. The van der Waals surface area contributed by atoms with Crippen molar-refractivity contribution in [3.63, 3.8) is 0 Å². The maximum Gasteiger partial charge on any atom is 0.0655 e. The molecule has 0 spiro atoms. The van der Waals surface area contributed by atoms with Gasteiger partial charge in [0.15, 0.2) is 0 Å². The van der Waals surface area contributed by atoms with Gasteiger partial charge in [0.25, 0.3) is 0 Å². The first kappa shape index (κ1) is 6.61. The van der Waals surface area contributed by atoms with E-state index in [0.29, 0.717) is 11.3 Å². The summed E-state index contributed by atoms with van der Waals surface area (Å²) < 4.78 is 0. The summed E-state index contributed by atoms with van der Waals surface area (Å²) in [7, 11) is 0. The van der Waals surface area contributed by atoms with Crippen molar-refractivity contribution in [1.82, 2.24) is 0 Å². The van der Waals surface area contributed by atoms with E-state index in [4.69, 9.17) is 5.26 Å². The maximum absolute atomic E-state index is 8.55. The third-order valence-electron chi connectivity index (χ3n) is 2.15. The Morgan fingerprint density at radius 3 is 2.44 bits per heavy atom. The summed E-state index contributed by atoms with van der Waals surface area (Å²) in [6.45, 7) is 4.48. The Balaban J connectivity index is 2.50. The Kier molecular flexibility index (Phi) is 1.48. The molecule has 0 N–H and O–H groups in total. The first-order chi connectivity index (χ1) is 4.14. The zero-order valence-corrected chi connectivity index (χ0v) is 6.15. The SMILES string of the molecule is CC1(C)CCC(C#N)C1. The Morgan fingerprint density at radius 2 is 2.22 bits per heavy atom. The minimum atomic E-state index is 0.347. The summed E-state index contributed by atoms with van der Waals surface area (Å²) in [5.41, 5.74) is 0.445. The molecule has 0 aromatic carbocycles. The zero-order valence-electron chi connectivity index (χ0n) is 6.15. The van der Waals surface area contributed by atoms with E-state index in [1.165, 1.54) is 6.42 Å². The predicted octanol–water partition coefficient (Wildman–Crippen LogP) is 2.34. The lowest BCUT2D eigenvalue weighted by atomic mass is 9.91. The van der Waals surface area contributed by atoms with Crippen molar-refractivity contribution in [2.45, 2.75) is 33.1 Å². The van der Waals surface area contributed by atoms with Gasteiger partial charge in [-0.25, -0.2) is 0 Å². The van der Waals surface area contributed by atoms with Gasteiger partial charge in [0.05, 0.1) is 6.07 Å². The first-order valence-corrected chi connectivity index (χ1v) is 3.54. The molecule has 1 rings (SSSR count). The molecule has 0 aliphatic heterocycles. The van der Waals surface area contributed by atoms with E-state index in [1.54, 1.807) is 0 Å². The lowest BCUT2D eigenvalue weighted by molar-refractivity contribution is 0.374. The van der Waals surface area contributed by atoms with Gasteiger partial charge in [0, 0.05) is 5.92 Å². The number of rotatable bonds is 0. The van der Waals surface area contributed by atoms with E-state index in [2.05, 4.69) is 19.9 Å². The second-order valence-electron chi connectivity index (χ2n) is 3.73.